The first-order valence-corrected chi connectivity index (χ1v) is 11.0. The predicted octanol–water partition coefficient (Wildman–Crippen LogP) is 5.26. The molecule has 0 atom stereocenters. The number of hydrogen-bond donors (Lipinski definition) is 1. The number of hydrogen-bond acceptors (Lipinski definition) is 2. The fraction of sp³-hybridized carbons (Fsp3) is 0.440. The number of benzene rings is 2. The molecule has 0 unspecified atom stereocenters. The van der Waals surface area contributed by atoms with Crippen LogP contribution in [-0.4, -0.2) is 29.9 Å². The van der Waals surface area contributed by atoms with Gasteiger partial charge in [0.25, 0.3) is 0 Å². The maximum absolute atomic E-state index is 13.2. The number of rotatable bonds is 5. The van der Waals surface area contributed by atoms with Crippen LogP contribution in [0.1, 0.15) is 48.8 Å². The molecule has 1 heterocycles. The molecule has 5 nitrogen and oxygen atoms in total. The van der Waals surface area contributed by atoms with E-state index in [0.29, 0.717) is 13.1 Å². The number of nitrogens with one attached hydrogen (secondary N) is 1. The summed E-state index contributed by atoms with van der Waals surface area (Å²) in [6.07, 6.45) is 5.15. The van der Waals surface area contributed by atoms with Gasteiger partial charge in [-0.3, -0.25) is 9.69 Å². The summed E-state index contributed by atoms with van der Waals surface area (Å²) in [5.41, 5.74) is 5.28. The molecule has 30 heavy (non-hydrogen) atoms. The SMILES string of the molecule is Cc1ccc(CN2CCCN(c3cccc(NC(=O)C4CCCC4)c3)C2=O)cc1C. The third-order valence-corrected chi connectivity index (χ3v) is 6.41. The molecule has 1 saturated carbocycles. The monoisotopic (exact) mass is 405 g/mol. The molecule has 0 bridgehead atoms. The van der Waals surface area contributed by atoms with E-state index in [1.165, 1.54) is 11.1 Å². The molecular formula is C25H31N3O2. The zero-order valence-electron chi connectivity index (χ0n) is 18.0. The van der Waals surface area contributed by atoms with E-state index in [2.05, 4.69) is 37.4 Å². The molecule has 1 aliphatic carbocycles. The van der Waals surface area contributed by atoms with Crippen molar-refractivity contribution >= 4 is 23.3 Å². The Morgan fingerprint density at radius 2 is 1.80 bits per heavy atom. The summed E-state index contributed by atoms with van der Waals surface area (Å²) in [6.45, 7) is 6.29. The van der Waals surface area contributed by atoms with Crippen LogP contribution in [0.25, 0.3) is 0 Å². The molecule has 1 N–H and O–H groups in total. The first kappa shape index (κ1) is 20.5. The maximum atomic E-state index is 13.2. The van der Waals surface area contributed by atoms with Crippen LogP contribution >= 0.6 is 0 Å². The summed E-state index contributed by atoms with van der Waals surface area (Å²) in [5.74, 6) is 0.227. The smallest absolute Gasteiger partial charge is 0.324 e. The van der Waals surface area contributed by atoms with Crippen molar-refractivity contribution in [3.05, 3.63) is 59.2 Å². The number of anilines is 2. The molecule has 158 valence electrons. The molecule has 0 spiro atoms. The van der Waals surface area contributed by atoms with Crippen LogP contribution in [-0.2, 0) is 11.3 Å². The van der Waals surface area contributed by atoms with E-state index >= 15 is 0 Å². The Hall–Kier alpha value is -2.82. The topological polar surface area (TPSA) is 52.6 Å². The van der Waals surface area contributed by atoms with Gasteiger partial charge < -0.3 is 10.2 Å². The normalized spacial score (nSPS) is 17.5. The van der Waals surface area contributed by atoms with Gasteiger partial charge in [0.05, 0.1) is 0 Å². The minimum absolute atomic E-state index is 0.0266. The van der Waals surface area contributed by atoms with Crippen molar-refractivity contribution in [2.24, 2.45) is 5.92 Å². The van der Waals surface area contributed by atoms with Crippen LogP contribution in [0.3, 0.4) is 0 Å². The average molecular weight is 406 g/mol. The van der Waals surface area contributed by atoms with Crippen LogP contribution in [0.5, 0.6) is 0 Å². The van der Waals surface area contributed by atoms with E-state index in [-0.39, 0.29) is 17.9 Å². The predicted molar refractivity (Wildman–Crippen MR) is 121 cm³/mol. The highest BCUT2D eigenvalue weighted by Crippen LogP contribution is 2.28. The first-order chi connectivity index (χ1) is 14.5. The van der Waals surface area contributed by atoms with Gasteiger partial charge in [-0.25, -0.2) is 4.79 Å². The van der Waals surface area contributed by atoms with Crippen molar-refractivity contribution < 1.29 is 9.59 Å². The number of aryl methyl sites for hydroxylation is 2. The summed E-state index contributed by atoms with van der Waals surface area (Å²) >= 11 is 0. The third kappa shape index (κ3) is 4.50. The van der Waals surface area contributed by atoms with Crippen molar-refractivity contribution in [1.29, 1.82) is 0 Å². The lowest BCUT2D eigenvalue weighted by atomic mass is 10.1. The van der Waals surface area contributed by atoms with Crippen molar-refractivity contribution in [1.82, 2.24) is 4.90 Å². The number of urea groups is 1. The molecule has 2 aliphatic rings. The molecule has 2 fully saturated rings. The van der Waals surface area contributed by atoms with Crippen LogP contribution in [0, 0.1) is 19.8 Å². The van der Waals surface area contributed by atoms with Crippen LogP contribution in [0.15, 0.2) is 42.5 Å². The van der Waals surface area contributed by atoms with Gasteiger partial charge in [0.2, 0.25) is 5.91 Å². The van der Waals surface area contributed by atoms with Gasteiger partial charge in [-0.1, -0.05) is 37.1 Å². The van der Waals surface area contributed by atoms with Gasteiger partial charge in [-0.05, 0) is 68.0 Å². The number of nitrogens with zero attached hydrogens (tertiary/aromatic N) is 2. The Balaban J connectivity index is 1.45. The molecule has 4 rings (SSSR count). The second-order valence-electron chi connectivity index (χ2n) is 8.65. The van der Waals surface area contributed by atoms with Crippen molar-refractivity contribution in [3.63, 3.8) is 0 Å². The Kier molecular flexibility index (Phi) is 6.07. The highest BCUT2D eigenvalue weighted by molar-refractivity contribution is 5.96. The highest BCUT2D eigenvalue weighted by atomic mass is 16.2. The van der Waals surface area contributed by atoms with Crippen LogP contribution < -0.4 is 10.2 Å². The summed E-state index contributed by atoms with van der Waals surface area (Å²) in [6, 6.07) is 14.1. The summed E-state index contributed by atoms with van der Waals surface area (Å²) in [5, 5.41) is 3.05. The largest absolute Gasteiger partial charge is 0.326 e. The second-order valence-corrected chi connectivity index (χ2v) is 8.65. The van der Waals surface area contributed by atoms with Crippen LogP contribution in [0.4, 0.5) is 16.2 Å². The molecule has 2 aromatic carbocycles. The number of amides is 3. The molecule has 3 amide bonds. The number of carbonyl (C=O) groups is 2. The molecule has 0 radical (unpaired) electrons. The molecular weight excluding hydrogens is 374 g/mol. The van der Waals surface area contributed by atoms with Crippen molar-refractivity contribution in [2.45, 2.75) is 52.5 Å². The Morgan fingerprint density at radius 1 is 1.00 bits per heavy atom. The highest BCUT2D eigenvalue weighted by Gasteiger charge is 2.27. The van der Waals surface area contributed by atoms with Gasteiger partial charge in [0.15, 0.2) is 0 Å². The minimum Gasteiger partial charge on any atom is -0.326 e. The molecule has 0 aromatic heterocycles. The van der Waals surface area contributed by atoms with Gasteiger partial charge in [-0.15, -0.1) is 0 Å². The van der Waals surface area contributed by atoms with Crippen LogP contribution in [0.2, 0.25) is 0 Å². The molecule has 1 saturated heterocycles. The van der Waals surface area contributed by atoms with E-state index in [1.54, 1.807) is 0 Å². The average Bonchev–Trinajstić information content (AvgIpc) is 3.28. The zero-order valence-corrected chi connectivity index (χ0v) is 18.0. The van der Waals surface area contributed by atoms with Crippen molar-refractivity contribution in [2.75, 3.05) is 23.3 Å². The van der Waals surface area contributed by atoms with Gasteiger partial charge in [-0.2, -0.15) is 0 Å². The zero-order chi connectivity index (χ0) is 21.1. The maximum Gasteiger partial charge on any atom is 0.324 e. The van der Waals surface area contributed by atoms with Gasteiger partial charge >= 0.3 is 6.03 Å². The second kappa shape index (κ2) is 8.90. The molecule has 1 aliphatic heterocycles. The van der Waals surface area contributed by atoms with E-state index < -0.39 is 0 Å². The summed E-state index contributed by atoms with van der Waals surface area (Å²) < 4.78 is 0. The Bertz CT molecular complexity index is 934. The molecule has 2 aromatic rings. The first-order valence-electron chi connectivity index (χ1n) is 11.0. The third-order valence-electron chi connectivity index (χ3n) is 6.41. The van der Waals surface area contributed by atoms with E-state index in [9.17, 15) is 9.59 Å². The van der Waals surface area contributed by atoms with Gasteiger partial charge in [0.1, 0.15) is 0 Å². The molecule has 5 heteroatoms. The lowest BCUT2D eigenvalue weighted by molar-refractivity contribution is -0.119. The fourth-order valence-corrected chi connectivity index (χ4v) is 4.47. The lowest BCUT2D eigenvalue weighted by Gasteiger charge is -2.36. The van der Waals surface area contributed by atoms with Gasteiger partial charge in [0, 0.05) is 36.9 Å². The quantitative estimate of drug-likeness (QED) is 0.737. The Morgan fingerprint density at radius 3 is 2.57 bits per heavy atom. The Labute approximate surface area is 179 Å². The number of carbonyl (C=O) groups excluding carboxylic acids is 2. The van der Waals surface area contributed by atoms with Crippen molar-refractivity contribution in [3.8, 4) is 0 Å². The summed E-state index contributed by atoms with van der Waals surface area (Å²) in [4.78, 5) is 29.4. The summed E-state index contributed by atoms with van der Waals surface area (Å²) in [7, 11) is 0. The van der Waals surface area contributed by atoms with E-state index in [0.717, 1.165) is 55.6 Å². The fourth-order valence-electron chi connectivity index (χ4n) is 4.47. The minimum atomic E-state index is 0.0266. The standard InChI is InChI=1S/C25H31N3O2/c1-18-11-12-20(15-19(18)2)17-27-13-6-14-28(25(27)30)23-10-5-9-22(16-23)26-24(29)21-7-3-4-8-21/h5,9-12,15-16,21H,3-4,6-8,13-14,17H2,1-2H3,(H,26,29). The lowest BCUT2D eigenvalue weighted by Crippen LogP contribution is -2.49. The van der Waals surface area contributed by atoms with E-state index in [1.807, 2.05) is 34.1 Å². The van der Waals surface area contributed by atoms with E-state index in [4.69, 9.17) is 0 Å².